The minimum Gasteiger partial charge on any atom is -0.507 e. The summed E-state index contributed by atoms with van der Waals surface area (Å²) >= 11 is 0. The number of aliphatic hydroxyl groups is 1. The molecule has 1 fully saturated rings. The van der Waals surface area contributed by atoms with Gasteiger partial charge < -0.3 is 9.84 Å². The first kappa shape index (κ1) is 21.3. The zero-order valence-electron chi connectivity index (χ0n) is 18.2. The second-order valence-corrected chi connectivity index (χ2v) is 7.64. The van der Waals surface area contributed by atoms with E-state index in [1.54, 1.807) is 48.8 Å². The van der Waals surface area contributed by atoms with Crippen molar-refractivity contribution < 1.29 is 19.4 Å². The van der Waals surface area contributed by atoms with Crippen molar-refractivity contribution >= 4 is 23.1 Å². The van der Waals surface area contributed by atoms with E-state index in [9.17, 15) is 14.7 Å². The molecule has 2 heterocycles. The summed E-state index contributed by atoms with van der Waals surface area (Å²) in [7, 11) is 0. The molecule has 6 nitrogen and oxygen atoms in total. The lowest BCUT2D eigenvalue weighted by molar-refractivity contribution is -0.132. The van der Waals surface area contributed by atoms with E-state index in [0.29, 0.717) is 29.2 Å². The third kappa shape index (κ3) is 3.64. The van der Waals surface area contributed by atoms with Crippen molar-refractivity contribution in [3.05, 3.63) is 94.8 Å². The van der Waals surface area contributed by atoms with Gasteiger partial charge in [0.1, 0.15) is 11.5 Å². The number of aryl methyl sites for hydroxylation is 1. The number of anilines is 1. The second-order valence-electron chi connectivity index (χ2n) is 7.64. The van der Waals surface area contributed by atoms with Gasteiger partial charge in [-0.25, -0.2) is 0 Å². The molecule has 2 aromatic carbocycles. The Bertz CT molecular complexity index is 1220. The molecule has 1 unspecified atom stereocenters. The van der Waals surface area contributed by atoms with Crippen LogP contribution < -0.4 is 9.64 Å². The minimum absolute atomic E-state index is 0.0255. The van der Waals surface area contributed by atoms with Gasteiger partial charge in [-0.3, -0.25) is 19.5 Å². The Morgan fingerprint density at radius 1 is 1.09 bits per heavy atom. The molecule has 1 amide bonds. The van der Waals surface area contributed by atoms with Crippen molar-refractivity contribution in [1.29, 1.82) is 0 Å². The molecule has 0 bridgehead atoms. The van der Waals surface area contributed by atoms with Crippen molar-refractivity contribution in [2.45, 2.75) is 26.8 Å². The number of ether oxygens (including phenoxy) is 1. The number of nitrogens with zero attached hydrogens (tertiary/aromatic N) is 2. The first-order valence-electron chi connectivity index (χ1n) is 10.4. The maximum Gasteiger partial charge on any atom is 0.300 e. The number of rotatable bonds is 5. The van der Waals surface area contributed by atoms with Gasteiger partial charge in [0, 0.05) is 23.6 Å². The van der Waals surface area contributed by atoms with E-state index in [2.05, 4.69) is 4.98 Å². The first-order valence-corrected chi connectivity index (χ1v) is 10.4. The van der Waals surface area contributed by atoms with E-state index in [-0.39, 0.29) is 11.3 Å². The quantitative estimate of drug-likeness (QED) is 0.361. The zero-order valence-corrected chi connectivity index (χ0v) is 18.2. The van der Waals surface area contributed by atoms with Crippen molar-refractivity contribution in [1.82, 2.24) is 4.98 Å². The third-order valence-corrected chi connectivity index (χ3v) is 5.70. The van der Waals surface area contributed by atoms with Gasteiger partial charge in [-0.1, -0.05) is 30.3 Å². The van der Waals surface area contributed by atoms with Gasteiger partial charge in [-0.05, 0) is 61.7 Å². The SMILES string of the molecule is CCOc1cccc(/C(O)=C2\C(=O)C(=O)N(c3cccc(C)c3C)C2c2cccnc2)c1. The fraction of sp³-hybridized carbons (Fsp3) is 0.192. The molecule has 162 valence electrons. The molecule has 0 radical (unpaired) electrons. The van der Waals surface area contributed by atoms with Crippen LogP contribution in [0.4, 0.5) is 5.69 Å². The van der Waals surface area contributed by atoms with Crippen LogP contribution in [-0.4, -0.2) is 28.4 Å². The average molecular weight is 428 g/mol. The van der Waals surface area contributed by atoms with E-state index >= 15 is 0 Å². The molecule has 1 saturated heterocycles. The number of aliphatic hydroxyl groups excluding tert-OH is 1. The van der Waals surface area contributed by atoms with Crippen LogP contribution in [0.3, 0.4) is 0 Å². The highest BCUT2D eigenvalue weighted by molar-refractivity contribution is 6.51. The molecule has 1 aliphatic heterocycles. The lowest BCUT2D eigenvalue weighted by Crippen LogP contribution is -2.30. The van der Waals surface area contributed by atoms with Gasteiger partial charge >= 0.3 is 0 Å². The van der Waals surface area contributed by atoms with Crippen LogP contribution in [0.1, 0.15) is 35.2 Å². The Morgan fingerprint density at radius 3 is 2.59 bits per heavy atom. The summed E-state index contributed by atoms with van der Waals surface area (Å²) in [6, 6.07) is 15.2. The molecule has 0 aliphatic carbocycles. The number of hydrogen-bond donors (Lipinski definition) is 1. The van der Waals surface area contributed by atoms with Crippen LogP contribution in [0.15, 0.2) is 72.6 Å². The largest absolute Gasteiger partial charge is 0.507 e. The van der Waals surface area contributed by atoms with Crippen molar-refractivity contribution in [2.24, 2.45) is 0 Å². The van der Waals surface area contributed by atoms with Gasteiger partial charge in [0.15, 0.2) is 0 Å². The highest BCUT2D eigenvalue weighted by atomic mass is 16.5. The first-order chi connectivity index (χ1) is 15.4. The number of aromatic nitrogens is 1. The van der Waals surface area contributed by atoms with Gasteiger partial charge in [0.25, 0.3) is 11.7 Å². The van der Waals surface area contributed by atoms with E-state index in [4.69, 9.17) is 4.74 Å². The van der Waals surface area contributed by atoms with Crippen LogP contribution in [0.25, 0.3) is 5.76 Å². The number of benzene rings is 2. The molecule has 1 aromatic heterocycles. The normalized spacial score (nSPS) is 17.6. The number of amides is 1. The fourth-order valence-electron chi connectivity index (χ4n) is 3.99. The van der Waals surface area contributed by atoms with E-state index in [0.717, 1.165) is 11.1 Å². The van der Waals surface area contributed by atoms with Crippen LogP contribution in [0, 0.1) is 13.8 Å². The smallest absolute Gasteiger partial charge is 0.300 e. The van der Waals surface area contributed by atoms with Crippen LogP contribution >= 0.6 is 0 Å². The van der Waals surface area contributed by atoms with Crippen molar-refractivity contribution in [2.75, 3.05) is 11.5 Å². The van der Waals surface area contributed by atoms with E-state index < -0.39 is 17.7 Å². The number of Topliss-reactive ketones (excluding diaryl/α,β-unsaturated/α-hetero) is 1. The molecular formula is C26H24N2O4. The third-order valence-electron chi connectivity index (χ3n) is 5.70. The summed E-state index contributed by atoms with van der Waals surface area (Å²) in [5.74, 6) is -1.10. The molecule has 3 aromatic rings. The summed E-state index contributed by atoms with van der Waals surface area (Å²) in [5, 5.41) is 11.2. The lowest BCUT2D eigenvalue weighted by Gasteiger charge is -2.27. The summed E-state index contributed by atoms with van der Waals surface area (Å²) in [6.45, 7) is 6.20. The minimum atomic E-state index is -0.806. The summed E-state index contributed by atoms with van der Waals surface area (Å²) < 4.78 is 5.53. The van der Waals surface area contributed by atoms with Gasteiger partial charge in [0.05, 0.1) is 18.2 Å². The summed E-state index contributed by atoms with van der Waals surface area (Å²) in [4.78, 5) is 32.1. The monoisotopic (exact) mass is 428 g/mol. The van der Waals surface area contributed by atoms with Crippen molar-refractivity contribution in [3.63, 3.8) is 0 Å². The van der Waals surface area contributed by atoms with Gasteiger partial charge in [-0.15, -0.1) is 0 Å². The predicted octanol–water partition coefficient (Wildman–Crippen LogP) is 4.72. The zero-order chi connectivity index (χ0) is 22.8. The molecule has 1 N–H and O–H groups in total. The Hall–Kier alpha value is -3.93. The lowest BCUT2D eigenvalue weighted by atomic mass is 9.95. The highest BCUT2D eigenvalue weighted by Gasteiger charge is 2.47. The Morgan fingerprint density at radius 2 is 1.88 bits per heavy atom. The maximum atomic E-state index is 13.3. The van der Waals surface area contributed by atoms with Crippen LogP contribution in [-0.2, 0) is 9.59 Å². The van der Waals surface area contributed by atoms with Gasteiger partial charge in [-0.2, -0.15) is 0 Å². The highest BCUT2D eigenvalue weighted by Crippen LogP contribution is 2.43. The predicted molar refractivity (Wildman–Crippen MR) is 123 cm³/mol. The maximum absolute atomic E-state index is 13.3. The van der Waals surface area contributed by atoms with Crippen LogP contribution in [0.5, 0.6) is 5.75 Å². The molecule has 0 saturated carbocycles. The van der Waals surface area contributed by atoms with Crippen LogP contribution in [0.2, 0.25) is 0 Å². The molecule has 1 atom stereocenters. The number of carbonyl (C=O) groups excluding carboxylic acids is 2. The summed E-state index contributed by atoms with van der Waals surface area (Å²) in [5.41, 5.74) is 3.58. The average Bonchev–Trinajstić information content (AvgIpc) is 3.07. The van der Waals surface area contributed by atoms with E-state index in [1.165, 1.54) is 4.90 Å². The molecular weight excluding hydrogens is 404 g/mol. The number of hydrogen-bond acceptors (Lipinski definition) is 5. The molecule has 4 rings (SSSR count). The summed E-state index contributed by atoms with van der Waals surface area (Å²) in [6.07, 6.45) is 3.23. The van der Waals surface area contributed by atoms with Gasteiger partial charge in [0.2, 0.25) is 0 Å². The second kappa shape index (κ2) is 8.67. The molecule has 32 heavy (non-hydrogen) atoms. The Labute approximate surface area is 186 Å². The molecule has 0 spiro atoms. The molecule has 1 aliphatic rings. The number of carbonyl (C=O) groups is 2. The topological polar surface area (TPSA) is 79.7 Å². The van der Waals surface area contributed by atoms with E-state index in [1.807, 2.05) is 39.0 Å². The Balaban J connectivity index is 1.94. The Kier molecular flexibility index (Phi) is 5.77. The molecule has 6 heteroatoms. The van der Waals surface area contributed by atoms with Crippen molar-refractivity contribution in [3.8, 4) is 5.75 Å². The number of ketones is 1. The standard InChI is InChI=1S/C26H24N2O4/c1-4-32-20-11-6-9-18(14-20)24(29)22-23(19-10-7-13-27-15-19)28(26(31)25(22)30)21-12-5-8-16(2)17(21)3/h5-15,23,29H,4H2,1-3H3/b24-22+. The fourth-order valence-corrected chi connectivity index (χ4v) is 3.99. The number of pyridine rings is 1.